The molecule has 0 fully saturated rings. The average Bonchev–Trinajstić information content (AvgIpc) is 3.50. The maximum Gasteiger partial charge on any atom is 0.416 e. The summed E-state index contributed by atoms with van der Waals surface area (Å²) in [5.41, 5.74) is 9.47. The van der Waals surface area contributed by atoms with E-state index in [1.54, 1.807) is 99.6 Å². The summed E-state index contributed by atoms with van der Waals surface area (Å²) >= 11 is 10.8. The Labute approximate surface area is 502 Å². The molecule has 0 spiro atoms. The van der Waals surface area contributed by atoms with Gasteiger partial charge in [-0.3, -0.25) is 14.9 Å². The van der Waals surface area contributed by atoms with Gasteiger partial charge in [-0.25, -0.2) is 26.3 Å². The fourth-order valence-electron chi connectivity index (χ4n) is 6.26. The van der Waals surface area contributed by atoms with Gasteiger partial charge in [-0.1, -0.05) is 137 Å². The molecule has 85 heavy (non-hydrogen) atoms. The number of nitriles is 1. The Morgan fingerprint density at radius 3 is 1.24 bits per heavy atom. The van der Waals surface area contributed by atoms with E-state index in [-0.39, 0.29) is 44.9 Å². The zero-order valence-electron chi connectivity index (χ0n) is 48.8. The molecular weight excluding hydrogens is 1150 g/mol. The summed E-state index contributed by atoms with van der Waals surface area (Å²) in [6.07, 6.45) is -4.22. The van der Waals surface area contributed by atoms with Crippen molar-refractivity contribution in [2.75, 3.05) is 14.1 Å². The third kappa shape index (κ3) is 33.2. The van der Waals surface area contributed by atoms with Gasteiger partial charge < -0.3 is 4.90 Å². The minimum absolute atomic E-state index is 0.0544. The number of nitro groups is 1. The summed E-state index contributed by atoms with van der Waals surface area (Å²) in [6.45, 7) is 16.6. The van der Waals surface area contributed by atoms with Crippen LogP contribution in [0.15, 0.2) is 200 Å². The van der Waals surface area contributed by atoms with E-state index < -0.39 is 28.3 Å². The zero-order chi connectivity index (χ0) is 64.4. The van der Waals surface area contributed by atoms with Crippen LogP contribution in [-0.2, 0) is 6.18 Å². The lowest BCUT2D eigenvalue weighted by molar-refractivity contribution is -0.384. The van der Waals surface area contributed by atoms with E-state index in [1.165, 1.54) is 54.6 Å². The van der Waals surface area contributed by atoms with Crippen LogP contribution >= 0.6 is 23.2 Å². The van der Waals surface area contributed by atoms with Gasteiger partial charge in [-0.15, -0.1) is 0 Å². The number of hydrogen-bond acceptors (Lipinski definition) is 4. The third-order valence-corrected chi connectivity index (χ3v) is 11.2. The van der Waals surface area contributed by atoms with Gasteiger partial charge in [0.25, 0.3) is 11.6 Å². The van der Waals surface area contributed by atoms with Crippen molar-refractivity contribution in [3.63, 3.8) is 0 Å². The molecule has 0 unspecified atom stereocenters. The Kier molecular flexibility index (Phi) is 34.0. The summed E-state index contributed by atoms with van der Waals surface area (Å²) < 4.78 is 109. The number of carbonyl (C=O) groups excluding carboxylic acids is 1. The van der Waals surface area contributed by atoms with Crippen LogP contribution in [-0.4, -0.2) is 29.8 Å². The Hall–Kier alpha value is -8.71. The number of hydrogen-bond donors (Lipinski definition) is 0. The SMILES string of the molecule is Cc1ccc(Cl)c(F)c1.Cc1ccc(F)c(Cl)c1.Cc1ccc(F)c(F)c1.Cc1ccc(F)cc1.Cc1cccc(C#N)c1.Cc1cccc(C(=O)N(C)C)c1.Cc1cccc(C(F)(F)F)c1.Cc1cccc(F)c1.Cc1cccc([N+](=O)[O-])c1. The summed E-state index contributed by atoms with van der Waals surface area (Å²) in [5.74, 6) is -2.56. The molecule has 0 radical (unpaired) electrons. The predicted molar refractivity (Wildman–Crippen MR) is 325 cm³/mol. The first-order valence-electron chi connectivity index (χ1n) is 25.6. The highest BCUT2D eigenvalue weighted by Crippen LogP contribution is 2.29. The molecule has 0 bridgehead atoms. The maximum absolute atomic E-state index is 12.4. The summed E-state index contributed by atoms with van der Waals surface area (Å²) in [4.78, 5) is 22.8. The molecule has 0 saturated heterocycles. The highest BCUT2D eigenvalue weighted by atomic mass is 35.5. The van der Waals surface area contributed by atoms with Gasteiger partial charge in [-0.2, -0.15) is 18.4 Å². The van der Waals surface area contributed by atoms with E-state index in [0.717, 1.165) is 79.9 Å². The van der Waals surface area contributed by atoms with Gasteiger partial charge in [0.15, 0.2) is 11.6 Å². The van der Waals surface area contributed by atoms with Crippen LogP contribution in [0.1, 0.15) is 71.6 Å². The van der Waals surface area contributed by atoms with E-state index in [2.05, 4.69) is 6.07 Å². The zero-order valence-corrected chi connectivity index (χ0v) is 50.3. The minimum atomic E-state index is -4.22. The number of amides is 1. The molecule has 0 heterocycles. The van der Waals surface area contributed by atoms with E-state index in [9.17, 15) is 54.4 Å². The minimum Gasteiger partial charge on any atom is -0.345 e. The molecule has 0 aliphatic rings. The predicted octanol–water partition coefficient (Wildman–Crippen LogP) is 20.6. The van der Waals surface area contributed by atoms with Crippen molar-refractivity contribution in [2.45, 2.75) is 68.5 Å². The first kappa shape index (κ1) is 74.3. The monoisotopic (exact) mass is 1210 g/mol. The van der Waals surface area contributed by atoms with Gasteiger partial charge in [-0.05, 0) is 187 Å². The topological polar surface area (TPSA) is 87.2 Å². The number of carbonyl (C=O) groups is 1. The Bertz CT molecular complexity index is 3380. The Morgan fingerprint density at radius 1 is 0.447 bits per heavy atom. The molecule has 0 N–H and O–H groups in total. The fourth-order valence-corrected chi connectivity index (χ4v) is 6.61. The molecule has 9 rings (SSSR count). The highest BCUT2D eigenvalue weighted by molar-refractivity contribution is 6.31. The second-order valence-electron chi connectivity index (χ2n) is 18.9. The van der Waals surface area contributed by atoms with Crippen molar-refractivity contribution < 1.29 is 49.2 Å². The first-order chi connectivity index (χ1) is 39.8. The van der Waals surface area contributed by atoms with E-state index in [0.29, 0.717) is 5.56 Å². The van der Waals surface area contributed by atoms with Crippen molar-refractivity contribution in [3.05, 3.63) is 322 Å². The fraction of sp³-hybridized carbons (Fsp3) is 0.176. The molecule has 9 aromatic rings. The standard InChI is InChI=1S/C10H13NO.C8H7F3.C8H7N.2C7H6ClF.C7H6F2.2C7H7F.C7H7NO2/c1-8-5-4-6-9(7-8)10(12)11(2)3;1-6-3-2-4-7(5-6)8(9,10)11;1-7-3-2-4-8(5-7)6-9;1-5-2-3-7(9)6(8)4-5;2*1-5-2-3-6(8)7(9)4-5;1-6-2-4-7(8)5-3-6;1-6-3-2-4-7(8)5-6;1-6-3-2-4-7(5-6)8(9)10/h4-7H,1-3H3;2-5H,1H3;2-5H,1H3;3*2-4H,1H3;2*2-5H,1H3;2-5H,1H3. The van der Waals surface area contributed by atoms with Crippen molar-refractivity contribution in [2.24, 2.45) is 0 Å². The second kappa shape index (κ2) is 38.9. The molecule has 9 aromatic carbocycles. The quantitative estimate of drug-likeness (QED) is 0.0980. The number of nitro benzene ring substituents is 1. The number of rotatable bonds is 2. The maximum atomic E-state index is 12.4. The number of halogens is 11. The molecule has 0 aliphatic carbocycles. The lowest BCUT2D eigenvalue weighted by atomic mass is 10.1. The van der Waals surface area contributed by atoms with Gasteiger partial charge in [0.05, 0.1) is 32.2 Å². The second-order valence-corrected chi connectivity index (χ2v) is 19.7. The van der Waals surface area contributed by atoms with E-state index in [4.69, 9.17) is 28.5 Å². The van der Waals surface area contributed by atoms with Crippen LogP contribution in [0.3, 0.4) is 0 Å². The van der Waals surface area contributed by atoms with Crippen LogP contribution in [0.2, 0.25) is 10.0 Å². The normalized spacial score (nSPS) is 9.66. The van der Waals surface area contributed by atoms with Gasteiger partial charge in [0.2, 0.25) is 0 Å². The highest BCUT2D eigenvalue weighted by Gasteiger charge is 2.30. The smallest absolute Gasteiger partial charge is 0.345 e. The molecule has 1 amide bonds. The number of alkyl halides is 3. The van der Waals surface area contributed by atoms with E-state index in [1.807, 2.05) is 103 Å². The summed E-state index contributed by atoms with van der Waals surface area (Å²) in [5, 5.41) is 18.9. The summed E-state index contributed by atoms with van der Waals surface area (Å²) in [7, 11) is 3.51. The van der Waals surface area contributed by atoms with Gasteiger partial charge in [0.1, 0.15) is 23.3 Å². The Balaban J connectivity index is 0.000000479. The van der Waals surface area contributed by atoms with Crippen LogP contribution in [0, 0.1) is 119 Å². The van der Waals surface area contributed by atoms with E-state index >= 15 is 0 Å². The molecule has 0 saturated carbocycles. The van der Waals surface area contributed by atoms with Crippen LogP contribution in [0.25, 0.3) is 0 Å². The lowest BCUT2D eigenvalue weighted by Gasteiger charge is -2.09. The van der Waals surface area contributed by atoms with Crippen molar-refractivity contribution in [1.29, 1.82) is 5.26 Å². The van der Waals surface area contributed by atoms with Crippen LogP contribution in [0.4, 0.5) is 45.2 Å². The number of aryl methyl sites for hydroxylation is 9. The van der Waals surface area contributed by atoms with Gasteiger partial charge >= 0.3 is 6.18 Å². The molecule has 17 heteroatoms. The molecular formula is C68H66Cl2F9N3O3. The molecule has 0 aliphatic heterocycles. The van der Waals surface area contributed by atoms with Crippen LogP contribution < -0.4 is 0 Å². The summed E-state index contributed by atoms with van der Waals surface area (Å²) in [6, 6.07) is 55.0. The van der Waals surface area contributed by atoms with Crippen molar-refractivity contribution >= 4 is 34.8 Å². The number of non-ortho nitro benzene ring substituents is 1. The largest absolute Gasteiger partial charge is 0.416 e. The van der Waals surface area contributed by atoms with Gasteiger partial charge in [0, 0.05) is 31.8 Å². The molecule has 6 nitrogen and oxygen atoms in total. The number of benzene rings is 9. The molecule has 0 aromatic heterocycles. The Morgan fingerprint density at radius 2 is 0.882 bits per heavy atom. The van der Waals surface area contributed by atoms with Crippen molar-refractivity contribution in [1.82, 2.24) is 4.90 Å². The average molecular weight is 1220 g/mol. The third-order valence-electron chi connectivity index (χ3n) is 10.6. The molecule has 448 valence electrons. The lowest BCUT2D eigenvalue weighted by Crippen LogP contribution is -2.21. The molecule has 0 atom stereocenters. The van der Waals surface area contributed by atoms with Crippen molar-refractivity contribution in [3.8, 4) is 6.07 Å². The first-order valence-corrected chi connectivity index (χ1v) is 26.4. The number of nitrogens with zero attached hydrogens (tertiary/aromatic N) is 3. The van der Waals surface area contributed by atoms with Crippen LogP contribution in [0.5, 0.6) is 0 Å².